The fraction of sp³-hybridized carbons (Fsp3) is 0.480. The molecule has 2 amide bonds. The molecule has 4 rings (SSSR count). The normalized spacial score (nSPS) is 22.0. The molecule has 9 nitrogen and oxygen atoms in total. The van der Waals surface area contributed by atoms with Crippen LogP contribution in [-0.2, 0) is 14.8 Å². The number of aliphatic hydroxyl groups is 1. The van der Waals surface area contributed by atoms with E-state index < -0.39 is 34.1 Å². The molecule has 0 unspecified atom stereocenters. The Morgan fingerprint density at radius 2 is 2.00 bits per heavy atom. The molecular formula is C25H32N4O5S3. The Morgan fingerprint density at radius 1 is 1.22 bits per heavy atom. The highest BCUT2D eigenvalue weighted by atomic mass is 32.2. The first-order chi connectivity index (χ1) is 17.5. The quantitative estimate of drug-likeness (QED) is 0.386. The van der Waals surface area contributed by atoms with Gasteiger partial charge in [-0.3, -0.25) is 9.59 Å². The van der Waals surface area contributed by atoms with E-state index in [4.69, 9.17) is 0 Å². The molecule has 1 aliphatic heterocycles. The molecule has 4 heterocycles. The Hall–Kier alpha value is -2.38. The highest BCUT2D eigenvalue weighted by Crippen LogP contribution is 2.30. The van der Waals surface area contributed by atoms with Crippen molar-refractivity contribution < 1.29 is 23.1 Å². The lowest BCUT2D eigenvalue weighted by Crippen LogP contribution is -2.54. The minimum Gasteiger partial charge on any atom is -0.390 e. The molecule has 0 radical (unpaired) electrons. The van der Waals surface area contributed by atoms with E-state index in [-0.39, 0.29) is 35.9 Å². The monoisotopic (exact) mass is 564 g/mol. The Bertz CT molecular complexity index is 1310. The van der Waals surface area contributed by atoms with E-state index in [9.17, 15) is 23.1 Å². The third-order valence-electron chi connectivity index (χ3n) is 6.29. The van der Waals surface area contributed by atoms with Crippen molar-refractivity contribution >= 4 is 53.9 Å². The van der Waals surface area contributed by atoms with Crippen molar-refractivity contribution in [3.05, 3.63) is 46.8 Å². The first-order valence-corrected chi connectivity index (χ1v) is 15.4. The number of hydrogen-bond acceptors (Lipinski definition) is 8. The van der Waals surface area contributed by atoms with Crippen LogP contribution in [0, 0.1) is 11.8 Å². The lowest BCUT2D eigenvalue weighted by molar-refractivity contribution is -0.125. The Morgan fingerprint density at radius 3 is 2.68 bits per heavy atom. The lowest BCUT2D eigenvalue weighted by Gasteiger charge is -2.27. The van der Waals surface area contributed by atoms with Crippen molar-refractivity contribution in [1.29, 1.82) is 0 Å². The molecular weight excluding hydrogens is 532 g/mol. The summed E-state index contributed by atoms with van der Waals surface area (Å²) in [6, 6.07) is 7.01. The van der Waals surface area contributed by atoms with Crippen molar-refractivity contribution in [1.82, 2.24) is 19.9 Å². The smallest absolute Gasteiger partial charge is 0.262 e. The zero-order valence-corrected chi connectivity index (χ0v) is 23.4. The molecule has 1 saturated heterocycles. The van der Waals surface area contributed by atoms with Gasteiger partial charge in [-0.1, -0.05) is 26.8 Å². The molecule has 12 heteroatoms. The summed E-state index contributed by atoms with van der Waals surface area (Å²) in [6.07, 6.45) is 1.11. The van der Waals surface area contributed by atoms with Crippen LogP contribution in [0.3, 0.4) is 0 Å². The van der Waals surface area contributed by atoms with Gasteiger partial charge >= 0.3 is 0 Å². The number of β-amino-alcohol motifs (C(OH)–C–C–N with tert-alkyl or cyclic N) is 1. The number of thiophene rings is 2. The summed E-state index contributed by atoms with van der Waals surface area (Å²) < 4.78 is 29.5. The zero-order valence-electron chi connectivity index (χ0n) is 21.0. The zero-order chi connectivity index (χ0) is 26.7. The number of aromatic nitrogens is 1. The summed E-state index contributed by atoms with van der Waals surface area (Å²) in [5.74, 6) is -0.688. The Labute approximate surface area is 225 Å². The molecule has 3 N–H and O–H groups in total. The predicted molar refractivity (Wildman–Crippen MR) is 145 cm³/mol. The molecule has 0 aliphatic carbocycles. The van der Waals surface area contributed by atoms with Gasteiger partial charge < -0.3 is 15.7 Å². The molecule has 0 spiro atoms. The summed E-state index contributed by atoms with van der Waals surface area (Å²) in [6.45, 7) is 5.85. The van der Waals surface area contributed by atoms with Gasteiger partial charge in [0.05, 0.1) is 17.0 Å². The van der Waals surface area contributed by atoms with Crippen LogP contribution in [0.2, 0.25) is 0 Å². The lowest BCUT2D eigenvalue weighted by atomic mass is 9.98. The predicted octanol–water partition coefficient (Wildman–Crippen LogP) is 3.08. The first-order valence-electron chi connectivity index (χ1n) is 12.2. The van der Waals surface area contributed by atoms with E-state index in [2.05, 4.69) is 15.6 Å². The average molecular weight is 565 g/mol. The first kappa shape index (κ1) is 27.6. The Kier molecular flexibility index (Phi) is 8.64. The Balaban J connectivity index is 1.46. The molecule has 1 aliphatic rings. The van der Waals surface area contributed by atoms with Gasteiger partial charge in [-0.15, -0.1) is 22.7 Å². The average Bonchev–Trinajstić information content (AvgIpc) is 3.42. The number of aliphatic hydroxyl groups excluding tert-OH is 1. The minimum absolute atomic E-state index is 0.0787. The number of fused-ring (bicyclic) bond motifs is 1. The second-order valence-electron chi connectivity index (χ2n) is 9.93. The number of pyridine rings is 1. The van der Waals surface area contributed by atoms with Gasteiger partial charge in [0.2, 0.25) is 5.91 Å². The minimum atomic E-state index is -3.89. The van der Waals surface area contributed by atoms with E-state index in [0.717, 1.165) is 9.40 Å². The summed E-state index contributed by atoms with van der Waals surface area (Å²) >= 11 is 2.94. The van der Waals surface area contributed by atoms with Gasteiger partial charge in [-0.05, 0) is 54.3 Å². The highest BCUT2D eigenvalue weighted by Gasteiger charge is 2.37. The second-order valence-corrected chi connectivity index (χ2v) is 13.8. The molecule has 4 atom stereocenters. The standard InChI is InChI=1S/C25H32N4O5S3/c1-15(2)10-18(28-25(32)22-12-21-20(36-22)7-9-35-21)24(31)27-17-11-16(3)13-29(14-19(17)30)37(33,34)23-6-4-5-8-26-23/h4-9,12,15-19,30H,10-11,13-14H2,1-3H3,(H,27,31)(H,28,32)/t16-,17-,18-,19-/m0/s1. The number of carbonyl (C=O) groups is 2. The summed E-state index contributed by atoms with van der Waals surface area (Å²) in [4.78, 5) is 30.8. The molecule has 37 heavy (non-hydrogen) atoms. The van der Waals surface area contributed by atoms with Crippen molar-refractivity contribution in [3.8, 4) is 0 Å². The highest BCUT2D eigenvalue weighted by molar-refractivity contribution is 7.89. The molecule has 200 valence electrons. The topological polar surface area (TPSA) is 129 Å². The number of nitrogens with zero attached hydrogens (tertiary/aromatic N) is 2. The fourth-order valence-corrected chi connectivity index (χ4v) is 8.02. The number of nitrogens with one attached hydrogen (secondary N) is 2. The van der Waals surface area contributed by atoms with Crippen LogP contribution in [0.4, 0.5) is 0 Å². The van der Waals surface area contributed by atoms with E-state index in [1.807, 2.05) is 38.3 Å². The van der Waals surface area contributed by atoms with Crippen LogP contribution < -0.4 is 10.6 Å². The van der Waals surface area contributed by atoms with E-state index in [1.165, 1.54) is 27.9 Å². The van der Waals surface area contributed by atoms with Crippen molar-refractivity contribution in [2.75, 3.05) is 13.1 Å². The van der Waals surface area contributed by atoms with Crippen molar-refractivity contribution in [2.45, 2.75) is 56.8 Å². The van der Waals surface area contributed by atoms with Gasteiger partial charge in [0.1, 0.15) is 6.04 Å². The van der Waals surface area contributed by atoms with E-state index in [1.54, 1.807) is 23.5 Å². The van der Waals surface area contributed by atoms with Crippen LogP contribution >= 0.6 is 22.7 Å². The van der Waals surface area contributed by atoms with Crippen LogP contribution in [0.15, 0.2) is 46.9 Å². The second kappa shape index (κ2) is 11.6. The molecule has 3 aromatic rings. The summed E-state index contributed by atoms with van der Waals surface area (Å²) in [7, 11) is -3.89. The number of hydrogen-bond donors (Lipinski definition) is 3. The van der Waals surface area contributed by atoms with Gasteiger partial charge in [0.15, 0.2) is 5.03 Å². The van der Waals surface area contributed by atoms with Crippen LogP contribution in [-0.4, -0.2) is 65.9 Å². The van der Waals surface area contributed by atoms with Gasteiger partial charge in [0.25, 0.3) is 15.9 Å². The van der Waals surface area contributed by atoms with Crippen LogP contribution in [0.1, 0.15) is 43.3 Å². The number of carbonyl (C=O) groups excluding carboxylic acids is 2. The van der Waals surface area contributed by atoms with E-state index >= 15 is 0 Å². The van der Waals surface area contributed by atoms with Crippen LogP contribution in [0.5, 0.6) is 0 Å². The number of amides is 2. The molecule has 3 aromatic heterocycles. The molecule has 0 saturated carbocycles. The maximum absolute atomic E-state index is 13.3. The summed E-state index contributed by atoms with van der Waals surface area (Å²) in [5, 5.41) is 18.6. The SMILES string of the molecule is CC(C)C[C@H](NC(=O)c1cc2sccc2s1)C(=O)N[C@H]1C[C@H](C)CN(S(=O)(=O)c2ccccn2)C[C@@H]1O. The van der Waals surface area contributed by atoms with Crippen molar-refractivity contribution in [2.24, 2.45) is 11.8 Å². The maximum atomic E-state index is 13.3. The third-order valence-corrected chi connectivity index (χ3v) is 10.1. The molecule has 1 fully saturated rings. The largest absolute Gasteiger partial charge is 0.390 e. The molecule has 0 aromatic carbocycles. The number of rotatable bonds is 8. The third kappa shape index (κ3) is 6.55. The maximum Gasteiger partial charge on any atom is 0.262 e. The van der Waals surface area contributed by atoms with Gasteiger partial charge in [0, 0.05) is 28.7 Å². The van der Waals surface area contributed by atoms with Crippen molar-refractivity contribution in [3.63, 3.8) is 0 Å². The van der Waals surface area contributed by atoms with Gasteiger partial charge in [-0.25, -0.2) is 13.4 Å². The van der Waals surface area contributed by atoms with Gasteiger partial charge in [-0.2, -0.15) is 4.31 Å². The molecule has 0 bridgehead atoms. The number of sulfonamides is 1. The summed E-state index contributed by atoms with van der Waals surface area (Å²) in [5.41, 5.74) is 0. The van der Waals surface area contributed by atoms with Crippen LogP contribution in [0.25, 0.3) is 9.40 Å². The van der Waals surface area contributed by atoms with E-state index in [0.29, 0.717) is 17.7 Å². The fourth-order valence-electron chi connectivity index (χ4n) is 4.50.